The Hall–Kier alpha value is -1.26. The first-order valence-corrected chi connectivity index (χ1v) is 9.45. The van der Waals surface area contributed by atoms with E-state index in [1.165, 1.54) is 12.8 Å². The van der Waals surface area contributed by atoms with Crippen molar-refractivity contribution in [1.29, 1.82) is 0 Å². The predicted octanol–water partition coefficient (Wildman–Crippen LogP) is 2.85. The smallest absolute Gasteiger partial charge is 0.317 e. The van der Waals surface area contributed by atoms with Gasteiger partial charge in [-0.1, -0.05) is 20.8 Å². The monoisotopic (exact) mass is 335 g/mol. The van der Waals surface area contributed by atoms with Gasteiger partial charge < -0.3 is 15.1 Å². The first kappa shape index (κ1) is 17.6. The summed E-state index contributed by atoms with van der Waals surface area (Å²) in [7, 11) is 1.86. The minimum absolute atomic E-state index is 0.0912. The van der Waals surface area contributed by atoms with Crippen molar-refractivity contribution in [3.8, 4) is 0 Å². The lowest BCUT2D eigenvalue weighted by molar-refractivity contribution is -0.130. The third-order valence-corrected chi connectivity index (χ3v) is 7.89. The first-order chi connectivity index (χ1) is 11.2. The van der Waals surface area contributed by atoms with Crippen LogP contribution >= 0.6 is 0 Å². The van der Waals surface area contributed by atoms with Crippen LogP contribution in [-0.2, 0) is 4.79 Å². The van der Waals surface area contributed by atoms with E-state index < -0.39 is 0 Å². The number of carbonyl (C=O) groups is 2. The summed E-state index contributed by atoms with van der Waals surface area (Å²) < 4.78 is 0. The Morgan fingerprint density at radius 1 is 1.12 bits per heavy atom. The molecular weight excluding hydrogens is 302 g/mol. The number of rotatable bonds is 2. The molecule has 3 amide bonds. The zero-order valence-electron chi connectivity index (χ0n) is 15.9. The minimum Gasteiger partial charge on any atom is -0.343 e. The van der Waals surface area contributed by atoms with Gasteiger partial charge in [0.25, 0.3) is 0 Å². The maximum absolute atomic E-state index is 12.7. The van der Waals surface area contributed by atoms with E-state index in [-0.39, 0.29) is 23.4 Å². The summed E-state index contributed by atoms with van der Waals surface area (Å²) in [5.74, 6) is 0.845. The van der Waals surface area contributed by atoms with Crippen LogP contribution in [-0.4, -0.2) is 54.0 Å². The van der Waals surface area contributed by atoms with E-state index in [0.29, 0.717) is 11.5 Å². The molecule has 0 unspecified atom stereocenters. The van der Waals surface area contributed by atoms with Crippen LogP contribution in [0.3, 0.4) is 0 Å². The van der Waals surface area contributed by atoms with Gasteiger partial charge in [0.1, 0.15) is 0 Å². The summed E-state index contributed by atoms with van der Waals surface area (Å²) in [5, 5.41) is 3.35. The summed E-state index contributed by atoms with van der Waals surface area (Å²) in [6, 6.07) is 0.662. The van der Waals surface area contributed by atoms with E-state index in [1.54, 1.807) is 6.92 Å². The fraction of sp³-hybridized carbons (Fsp3) is 0.895. The van der Waals surface area contributed by atoms with E-state index in [2.05, 4.69) is 26.1 Å². The number of amides is 3. The van der Waals surface area contributed by atoms with Gasteiger partial charge in [-0.2, -0.15) is 0 Å². The van der Waals surface area contributed by atoms with Crippen LogP contribution < -0.4 is 5.32 Å². The maximum atomic E-state index is 12.7. The molecule has 2 aliphatic carbocycles. The second kappa shape index (κ2) is 5.92. The molecule has 5 heteroatoms. The molecule has 136 valence electrons. The van der Waals surface area contributed by atoms with Crippen molar-refractivity contribution in [1.82, 2.24) is 15.1 Å². The van der Waals surface area contributed by atoms with Crippen LogP contribution in [0.1, 0.15) is 59.8 Å². The normalized spacial score (nSPS) is 35.1. The largest absolute Gasteiger partial charge is 0.343 e. The molecule has 0 aromatic rings. The van der Waals surface area contributed by atoms with Gasteiger partial charge in [-0.15, -0.1) is 0 Å². The van der Waals surface area contributed by atoms with Gasteiger partial charge in [-0.05, 0) is 48.9 Å². The van der Waals surface area contributed by atoms with Crippen LogP contribution in [0.2, 0.25) is 0 Å². The highest BCUT2D eigenvalue weighted by Gasteiger charge is 2.61. The zero-order chi connectivity index (χ0) is 17.7. The standard InChI is InChI=1S/C19H33N3O2/c1-13(23)21(5)15-7-10-22(11-8-15)17(24)20-16-12-14-6-9-19(16,4)18(14,2)3/h14-16H,6-12H2,1-5H3,(H,20,24)/t14-,16+,19-/m1/s1. The summed E-state index contributed by atoms with van der Waals surface area (Å²) in [4.78, 5) is 28.0. The Morgan fingerprint density at radius 2 is 1.75 bits per heavy atom. The molecule has 0 spiro atoms. The van der Waals surface area contributed by atoms with Crippen molar-refractivity contribution in [2.45, 2.75) is 71.9 Å². The van der Waals surface area contributed by atoms with Gasteiger partial charge in [0.2, 0.25) is 5.91 Å². The summed E-state index contributed by atoms with van der Waals surface area (Å²) in [6.45, 7) is 10.2. The molecule has 3 atom stereocenters. The van der Waals surface area contributed by atoms with Crippen molar-refractivity contribution in [3.63, 3.8) is 0 Å². The maximum Gasteiger partial charge on any atom is 0.317 e. The van der Waals surface area contributed by atoms with Crippen molar-refractivity contribution >= 4 is 11.9 Å². The summed E-state index contributed by atoms with van der Waals surface area (Å²) in [6.07, 6.45) is 5.40. The van der Waals surface area contributed by atoms with Gasteiger partial charge in [-0.25, -0.2) is 4.79 Å². The van der Waals surface area contributed by atoms with Crippen LogP contribution in [0.4, 0.5) is 4.79 Å². The molecule has 1 saturated heterocycles. The first-order valence-electron chi connectivity index (χ1n) is 9.45. The molecule has 0 aromatic heterocycles. The molecule has 3 fully saturated rings. The molecule has 0 radical (unpaired) electrons. The number of nitrogens with zero attached hydrogens (tertiary/aromatic N) is 2. The van der Waals surface area contributed by atoms with Crippen molar-refractivity contribution < 1.29 is 9.59 Å². The molecule has 0 aromatic carbocycles. The molecule has 2 saturated carbocycles. The van der Waals surface area contributed by atoms with Crippen LogP contribution in [0.25, 0.3) is 0 Å². The summed E-state index contributed by atoms with van der Waals surface area (Å²) in [5.41, 5.74) is 0.544. The average molecular weight is 335 g/mol. The number of nitrogens with one attached hydrogen (secondary N) is 1. The Morgan fingerprint density at radius 3 is 2.21 bits per heavy atom. The fourth-order valence-corrected chi connectivity index (χ4v) is 5.38. The second-order valence-electron chi connectivity index (χ2n) is 8.96. The molecule has 1 aliphatic heterocycles. The topological polar surface area (TPSA) is 52.7 Å². The molecular formula is C19H33N3O2. The van der Waals surface area contributed by atoms with E-state index in [0.717, 1.165) is 38.3 Å². The van der Waals surface area contributed by atoms with Gasteiger partial charge in [-0.3, -0.25) is 4.79 Å². The molecule has 2 bridgehead atoms. The lowest BCUT2D eigenvalue weighted by Gasteiger charge is -2.41. The SMILES string of the molecule is CC(=O)N(C)C1CCN(C(=O)N[C@H]2C[C@H]3CC[C@@]2(C)C3(C)C)CC1. The van der Waals surface area contributed by atoms with Gasteiger partial charge >= 0.3 is 6.03 Å². The lowest BCUT2D eigenvalue weighted by Crippen LogP contribution is -2.54. The Kier molecular flexibility index (Phi) is 4.33. The van der Waals surface area contributed by atoms with E-state index in [1.807, 2.05) is 16.8 Å². The minimum atomic E-state index is 0.0912. The van der Waals surface area contributed by atoms with Gasteiger partial charge in [0.15, 0.2) is 0 Å². The van der Waals surface area contributed by atoms with Crippen LogP contribution in [0.5, 0.6) is 0 Å². The highest BCUT2D eigenvalue weighted by molar-refractivity contribution is 5.75. The van der Waals surface area contributed by atoms with E-state index in [9.17, 15) is 9.59 Å². The quantitative estimate of drug-likeness (QED) is 0.843. The second-order valence-corrected chi connectivity index (χ2v) is 8.96. The number of likely N-dealkylation sites (tertiary alicyclic amines) is 1. The third-order valence-electron chi connectivity index (χ3n) is 7.89. The Labute approximate surface area is 146 Å². The Bertz CT molecular complexity index is 525. The number of hydrogen-bond donors (Lipinski definition) is 1. The zero-order valence-corrected chi connectivity index (χ0v) is 15.9. The summed E-state index contributed by atoms with van der Waals surface area (Å²) >= 11 is 0. The van der Waals surface area contributed by atoms with Crippen molar-refractivity contribution in [2.24, 2.45) is 16.7 Å². The van der Waals surface area contributed by atoms with Crippen LogP contribution in [0.15, 0.2) is 0 Å². The van der Waals surface area contributed by atoms with E-state index in [4.69, 9.17) is 0 Å². The Balaban J connectivity index is 1.55. The lowest BCUT2D eigenvalue weighted by atomic mass is 9.69. The van der Waals surface area contributed by atoms with Crippen molar-refractivity contribution in [2.75, 3.05) is 20.1 Å². The fourth-order valence-electron chi connectivity index (χ4n) is 5.38. The predicted molar refractivity (Wildman–Crippen MR) is 94.6 cm³/mol. The number of hydrogen-bond acceptors (Lipinski definition) is 2. The number of urea groups is 1. The van der Waals surface area contributed by atoms with Crippen molar-refractivity contribution in [3.05, 3.63) is 0 Å². The molecule has 1 N–H and O–H groups in total. The van der Waals surface area contributed by atoms with Crippen LogP contribution in [0, 0.1) is 16.7 Å². The average Bonchev–Trinajstić information content (AvgIpc) is 2.87. The molecule has 5 nitrogen and oxygen atoms in total. The van der Waals surface area contributed by atoms with E-state index >= 15 is 0 Å². The molecule has 24 heavy (non-hydrogen) atoms. The number of piperidine rings is 1. The van der Waals surface area contributed by atoms with Gasteiger partial charge in [0, 0.05) is 39.1 Å². The molecule has 3 aliphatic rings. The third kappa shape index (κ3) is 2.60. The number of carbonyl (C=O) groups excluding carboxylic acids is 2. The molecule has 1 heterocycles. The highest BCUT2D eigenvalue weighted by Crippen LogP contribution is 2.65. The van der Waals surface area contributed by atoms with Gasteiger partial charge in [0.05, 0.1) is 0 Å². The molecule has 3 rings (SSSR count). The number of fused-ring (bicyclic) bond motifs is 2. The highest BCUT2D eigenvalue weighted by atomic mass is 16.2.